The van der Waals surface area contributed by atoms with Crippen molar-refractivity contribution in [2.24, 2.45) is 5.73 Å². The second-order valence-corrected chi connectivity index (χ2v) is 3.62. The number of anilines is 1. The van der Waals surface area contributed by atoms with Gasteiger partial charge in [-0.25, -0.2) is 0 Å². The summed E-state index contributed by atoms with van der Waals surface area (Å²) in [6.45, 7) is 0. The molecule has 3 nitrogen and oxygen atoms in total. The first-order chi connectivity index (χ1) is 7.34. The maximum Gasteiger partial charge on any atom is 0.418 e. The van der Waals surface area contributed by atoms with E-state index in [4.69, 9.17) is 5.73 Å². The number of benzene rings is 1. The molecular weight excluding hydrogens is 221 g/mol. The fraction of sp³-hybridized carbons (Fsp3) is 0.300. The standard InChI is InChI=1S/C10H9F3N2O/c1-15-8-5(7(14)9(15)16)3-2-4-6(8)10(11,12)13/h2-4,7H,14H2,1H3. The van der Waals surface area contributed by atoms with Crippen molar-refractivity contribution in [2.75, 3.05) is 11.9 Å². The lowest BCUT2D eigenvalue weighted by molar-refractivity contribution is -0.137. The smallest absolute Gasteiger partial charge is 0.316 e. The first kappa shape index (κ1) is 10.9. The summed E-state index contributed by atoms with van der Waals surface area (Å²) in [6, 6.07) is 2.65. The average molecular weight is 230 g/mol. The summed E-state index contributed by atoms with van der Waals surface area (Å²) < 4.78 is 38.1. The largest absolute Gasteiger partial charge is 0.418 e. The number of hydrogen-bond acceptors (Lipinski definition) is 2. The van der Waals surface area contributed by atoms with Crippen LogP contribution in [0.1, 0.15) is 17.2 Å². The molecule has 1 aromatic rings. The van der Waals surface area contributed by atoms with Gasteiger partial charge >= 0.3 is 6.18 Å². The monoisotopic (exact) mass is 230 g/mol. The third-order valence-electron chi connectivity index (χ3n) is 2.64. The van der Waals surface area contributed by atoms with Crippen molar-refractivity contribution in [1.29, 1.82) is 0 Å². The van der Waals surface area contributed by atoms with Crippen LogP contribution >= 0.6 is 0 Å². The highest BCUT2D eigenvalue weighted by Gasteiger charge is 2.41. The molecule has 0 aliphatic carbocycles. The summed E-state index contributed by atoms with van der Waals surface area (Å²) in [5.41, 5.74) is 4.80. The van der Waals surface area contributed by atoms with E-state index in [0.717, 1.165) is 11.0 Å². The van der Waals surface area contributed by atoms with E-state index >= 15 is 0 Å². The number of halogens is 3. The Morgan fingerprint density at radius 3 is 2.56 bits per heavy atom. The molecule has 16 heavy (non-hydrogen) atoms. The minimum absolute atomic E-state index is 0.132. The molecule has 1 atom stereocenters. The lowest BCUT2D eigenvalue weighted by Crippen LogP contribution is -2.28. The van der Waals surface area contributed by atoms with E-state index in [1.54, 1.807) is 0 Å². The van der Waals surface area contributed by atoms with Crippen molar-refractivity contribution >= 4 is 11.6 Å². The van der Waals surface area contributed by atoms with Gasteiger partial charge < -0.3 is 10.6 Å². The van der Waals surface area contributed by atoms with Crippen LogP contribution in [-0.4, -0.2) is 13.0 Å². The van der Waals surface area contributed by atoms with Gasteiger partial charge in [-0.1, -0.05) is 12.1 Å². The number of likely N-dealkylation sites (N-methyl/N-ethyl adjacent to an activating group) is 1. The van der Waals surface area contributed by atoms with Gasteiger partial charge in [-0.2, -0.15) is 13.2 Å². The van der Waals surface area contributed by atoms with Gasteiger partial charge in [0.15, 0.2) is 0 Å². The summed E-state index contributed by atoms with van der Waals surface area (Å²) >= 11 is 0. The number of amides is 1. The third kappa shape index (κ3) is 1.37. The molecule has 0 aromatic heterocycles. The Labute approximate surface area is 89.6 Å². The second-order valence-electron chi connectivity index (χ2n) is 3.62. The summed E-state index contributed by atoms with van der Waals surface area (Å²) in [5.74, 6) is -0.522. The normalized spacial score (nSPS) is 20.2. The maximum absolute atomic E-state index is 12.7. The van der Waals surface area contributed by atoms with Crippen molar-refractivity contribution in [3.05, 3.63) is 29.3 Å². The Kier molecular flexibility index (Phi) is 2.20. The van der Waals surface area contributed by atoms with Crippen LogP contribution in [0, 0.1) is 0 Å². The Bertz CT molecular complexity index is 456. The highest BCUT2D eigenvalue weighted by molar-refractivity contribution is 6.05. The zero-order valence-corrected chi connectivity index (χ0v) is 8.38. The molecule has 0 spiro atoms. The van der Waals surface area contributed by atoms with Gasteiger partial charge in [0.05, 0.1) is 11.3 Å². The minimum Gasteiger partial charge on any atom is -0.316 e. The van der Waals surface area contributed by atoms with Crippen LogP contribution in [0.2, 0.25) is 0 Å². The fourth-order valence-corrected chi connectivity index (χ4v) is 1.87. The number of para-hydroxylation sites is 1. The van der Waals surface area contributed by atoms with Crippen molar-refractivity contribution in [3.63, 3.8) is 0 Å². The van der Waals surface area contributed by atoms with Gasteiger partial charge in [-0.05, 0) is 6.07 Å². The topological polar surface area (TPSA) is 46.3 Å². The van der Waals surface area contributed by atoms with Crippen LogP contribution in [-0.2, 0) is 11.0 Å². The molecule has 0 fully saturated rings. The molecule has 1 aliphatic heterocycles. The van der Waals surface area contributed by atoms with Gasteiger partial charge in [0, 0.05) is 12.6 Å². The van der Waals surface area contributed by atoms with E-state index in [1.807, 2.05) is 0 Å². The SMILES string of the molecule is CN1C(=O)C(N)c2cccc(C(F)(F)F)c21. The highest BCUT2D eigenvalue weighted by atomic mass is 19.4. The number of rotatable bonds is 0. The first-order valence-corrected chi connectivity index (χ1v) is 4.57. The number of nitrogens with two attached hydrogens (primary N) is 1. The van der Waals surface area contributed by atoms with Crippen LogP contribution in [0.4, 0.5) is 18.9 Å². The predicted octanol–water partition coefficient (Wildman–Crippen LogP) is 1.68. The predicted molar refractivity (Wildman–Crippen MR) is 51.8 cm³/mol. The zero-order valence-electron chi connectivity index (χ0n) is 8.38. The molecule has 0 radical (unpaired) electrons. The lowest BCUT2D eigenvalue weighted by Gasteiger charge is -2.16. The van der Waals surface area contributed by atoms with Gasteiger partial charge in [-0.15, -0.1) is 0 Å². The van der Waals surface area contributed by atoms with E-state index < -0.39 is 23.7 Å². The Hall–Kier alpha value is -1.56. The molecule has 2 rings (SSSR count). The lowest BCUT2D eigenvalue weighted by atomic mass is 10.0. The van der Waals surface area contributed by atoms with Gasteiger partial charge in [0.1, 0.15) is 6.04 Å². The van der Waals surface area contributed by atoms with Crippen molar-refractivity contribution in [2.45, 2.75) is 12.2 Å². The summed E-state index contributed by atoms with van der Waals surface area (Å²) in [6.07, 6.45) is -4.48. The van der Waals surface area contributed by atoms with Crippen molar-refractivity contribution in [3.8, 4) is 0 Å². The van der Waals surface area contributed by atoms with E-state index in [-0.39, 0.29) is 11.3 Å². The fourth-order valence-electron chi connectivity index (χ4n) is 1.87. The zero-order chi connectivity index (χ0) is 12.1. The van der Waals surface area contributed by atoms with Crippen LogP contribution < -0.4 is 10.6 Å². The van der Waals surface area contributed by atoms with Crippen molar-refractivity contribution in [1.82, 2.24) is 0 Å². The number of hydrogen-bond donors (Lipinski definition) is 1. The maximum atomic E-state index is 12.7. The molecule has 6 heteroatoms. The average Bonchev–Trinajstić information content (AvgIpc) is 2.43. The van der Waals surface area contributed by atoms with Gasteiger partial charge in [0.25, 0.3) is 0 Å². The van der Waals surface area contributed by atoms with Gasteiger partial charge in [0.2, 0.25) is 5.91 Å². The van der Waals surface area contributed by atoms with Crippen LogP contribution in [0.5, 0.6) is 0 Å². The van der Waals surface area contributed by atoms with Crippen LogP contribution in [0.3, 0.4) is 0 Å². The minimum atomic E-state index is -4.48. The second kappa shape index (κ2) is 3.21. The molecule has 1 heterocycles. The Balaban J connectivity index is 2.67. The molecule has 1 amide bonds. The summed E-state index contributed by atoms with van der Waals surface area (Å²) in [7, 11) is 1.29. The molecule has 1 unspecified atom stereocenters. The quantitative estimate of drug-likeness (QED) is 0.737. The van der Waals surface area contributed by atoms with E-state index in [0.29, 0.717) is 0 Å². The molecule has 0 saturated heterocycles. The molecule has 86 valence electrons. The number of fused-ring (bicyclic) bond motifs is 1. The van der Waals surface area contributed by atoms with Crippen LogP contribution in [0.25, 0.3) is 0 Å². The molecule has 0 bridgehead atoms. The Morgan fingerprint density at radius 2 is 2.00 bits per heavy atom. The number of carbonyl (C=O) groups is 1. The Morgan fingerprint density at radius 1 is 1.38 bits per heavy atom. The molecule has 0 saturated carbocycles. The highest BCUT2D eigenvalue weighted by Crippen LogP contribution is 2.43. The van der Waals surface area contributed by atoms with E-state index in [9.17, 15) is 18.0 Å². The summed E-state index contributed by atoms with van der Waals surface area (Å²) in [4.78, 5) is 12.4. The number of alkyl halides is 3. The first-order valence-electron chi connectivity index (χ1n) is 4.57. The van der Waals surface area contributed by atoms with E-state index in [1.165, 1.54) is 19.2 Å². The molecule has 1 aliphatic rings. The van der Waals surface area contributed by atoms with Crippen LogP contribution in [0.15, 0.2) is 18.2 Å². The van der Waals surface area contributed by atoms with Gasteiger partial charge in [-0.3, -0.25) is 4.79 Å². The number of nitrogens with zero attached hydrogens (tertiary/aromatic N) is 1. The molecular formula is C10H9F3N2O. The third-order valence-corrected chi connectivity index (χ3v) is 2.64. The summed E-state index contributed by atoms with van der Waals surface area (Å²) in [5, 5.41) is 0. The molecule has 1 aromatic carbocycles. The van der Waals surface area contributed by atoms with E-state index in [2.05, 4.69) is 0 Å². The number of carbonyl (C=O) groups excluding carboxylic acids is 1. The molecule has 2 N–H and O–H groups in total. The van der Waals surface area contributed by atoms with Crippen molar-refractivity contribution < 1.29 is 18.0 Å².